The number of likely N-dealkylation sites (tertiary alicyclic amines) is 1. The minimum atomic E-state index is -0.656. The predicted molar refractivity (Wildman–Crippen MR) is 248 cm³/mol. The Morgan fingerprint density at radius 1 is 0.905 bits per heavy atom. The molecule has 0 radical (unpaired) electrons. The summed E-state index contributed by atoms with van der Waals surface area (Å²) in [6.07, 6.45) is 5.07. The minimum Gasteiger partial charge on any atom is -0.464 e. The molecule has 1 heterocycles. The van der Waals surface area contributed by atoms with Crippen LogP contribution in [0, 0.1) is 17.8 Å². The van der Waals surface area contributed by atoms with Crippen LogP contribution in [0.25, 0.3) is 0 Å². The van der Waals surface area contributed by atoms with Gasteiger partial charge in [0.25, 0.3) is 0 Å². The van der Waals surface area contributed by atoms with Crippen molar-refractivity contribution in [3.8, 4) is 0 Å². The Balaban J connectivity index is 0.00000126. The maximum Gasteiger partial charge on any atom is 0.322 e. The summed E-state index contributed by atoms with van der Waals surface area (Å²) in [5, 5.41) is 8.03. The number of carbonyl (C=O) groups is 6. The highest BCUT2D eigenvalue weighted by atomic mass is 16.5. The summed E-state index contributed by atoms with van der Waals surface area (Å²) in [6, 6.07) is 7.55. The molecule has 8 unspecified atom stereocenters. The van der Waals surface area contributed by atoms with Crippen LogP contribution in [0.4, 0.5) is 0 Å². The van der Waals surface area contributed by atoms with Gasteiger partial charge < -0.3 is 45.7 Å². The van der Waals surface area contributed by atoms with Crippen LogP contribution in [-0.4, -0.2) is 155 Å². The van der Waals surface area contributed by atoms with Crippen LogP contribution in [0.15, 0.2) is 30.3 Å². The zero-order valence-corrected chi connectivity index (χ0v) is 41.1. The largest absolute Gasteiger partial charge is 0.464 e. The summed E-state index contributed by atoms with van der Waals surface area (Å²) in [5.74, 6) is -0.570. The van der Waals surface area contributed by atoms with E-state index in [9.17, 15) is 28.8 Å². The summed E-state index contributed by atoms with van der Waals surface area (Å²) in [5.41, 5.74) is 6.31. The molecule has 1 saturated heterocycles. The second kappa shape index (κ2) is 32.5. The van der Waals surface area contributed by atoms with Crippen LogP contribution in [0.3, 0.4) is 0 Å². The van der Waals surface area contributed by atoms with Crippen LogP contribution < -0.4 is 21.7 Å². The Bertz CT molecular complexity index is 1460. The molecule has 1 aromatic rings. The number of hydrogen-bond acceptors (Lipinski definition) is 11. The highest BCUT2D eigenvalue weighted by molar-refractivity contribution is 5.88. The summed E-state index contributed by atoms with van der Waals surface area (Å²) in [7, 11) is 8.78. The second-order valence-corrected chi connectivity index (χ2v) is 17.3. The number of nitrogens with one attached hydrogen (secondary N) is 3. The summed E-state index contributed by atoms with van der Waals surface area (Å²) in [4.78, 5) is 78.9. The van der Waals surface area contributed by atoms with Crippen molar-refractivity contribution in [2.24, 2.45) is 23.5 Å². The lowest BCUT2D eigenvalue weighted by Gasteiger charge is -2.39. The molecule has 0 saturated carbocycles. The monoisotopic (exact) mass is 892 g/mol. The van der Waals surface area contributed by atoms with E-state index in [4.69, 9.17) is 19.9 Å². The average Bonchev–Trinajstić information content (AvgIpc) is 3.72. The van der Waals surface area contributed by atoms with E-state index in [0.29, 0.717) is 38.3 Å². The number of esters is 1. The van der Waals surface area contributed by atoms with Crippen molar-refractivity contribution in [1.82, 2.24) is 30.7 Å². The molecule has 1 aliphatic rings. The van der Waals surface area contributed by atoms with Crippen molar-refractivity contribution in [2.45, 2.75) is 150 Å². The Labute approximate surface area is 379 Å². The van der Waals surface area contributed by atoms with E-state index < -0.39 is 24.2 Å². The molecule has 1 fully saturated rings. The first-order valence-electron chi connectivity index (χ1n) is 22.8. The first-order chi connectivity index (χ1) is 29.8. The fourth-order valence-corrected chi connectivity index (χ4v) is 7.75. The lowest BCUT2D eigenvalue weighted by molar-refractivity contribution is -0.145. The fraction of sp³-hybridized carbons (Fsp3) is 0.745. The molecule has 0 aromatic heterocycles. The molecule has 5 amide bonds. The van der Waals surface area contributed by atoms with Crippen molar-refractivity contribution in [3.63, 3.8) is 0 Å². The summed E-state index contributed by atoms with van der Waals surface area (Å²) >= 11 is 0. The molecule has 1 aromatic carbocycles. The average molecular weight is 892 g/mol. The van der Waals surface area contributed by atoms with Crippen molar-refractivity contribution in [2.75, 3.05) is 61.6 Å². The summed E-state index contributed by atoms with van der Waals surface area (Å²) < 4.78 is 16.5. The van der Waals surface area contributed by atoms with Crippen LogP contribution in [0.5, 0.6) is 0 Å². The number of nitrogens with zero attached hydrogens (tertiary/aromatic N) is 3. The second-order valence-electron chi connectivity index (χ2n) is 17.3. The third-order valence-electron chi connectivity index (χ3n) is 11.0. The van der Waals surface area contributed by atoms with Crippen LogP contribution >= 0.6 is 0 Å². The molecule has 0 aliphatic carbocycles. The van der Waals surface area contributed by atoms with Crippen molar-refractivity contribution in [3.05, 3.63) is 35.9 Å². The van der Waals surface area contributed by atoms with Gasteiger partial charge in [-0.05, 0) is 63.6 Å². The maximum absolute atomic E-state index is 13.5. The van der Waals surface area contributed by atoms with Gasteiger partial charge >= 0.3 is 5.97 Å². The first kappa shape index (κ1) is 58.9. The minimum absolute atomic E-state index is 0.0116. The number of benzene rings is 1. The molecule has 362 valence electrons. The Morgan fingerprint density at radius 3 is 2.02 bits per heavy atom. The Kier molecular flexibility index (Phi) is 30.4. The third kappa shape index (κ3) is 21.4. The van der Waals surface area contributed by atoms with Gasteiger partial charge in [-0.15, -0.1) is 0 Å². The van der Waals surface area contributed by atoms with Crippen LogP contribution in [-0.2, 0) is 49.4 Å². The van der Waals surface area contributed by atoms with Gasteiger partial charge in [-0.25, -0.2) is 0 Å². The normalized spacial score (nSPS) is 16.8. The summed E-state index contributed by atoms with van der Waals surface area (Å²) in [6.45, 7) is 19.3. The zero-order valence-electron chi connectivity index (χ0n) is 41.1. The third-order valence-corrected chi connectivity index (χ3v) is 11.0. The number of ether oxygens (including phenoxy) is 3. The van der Waals surface area contributed by atoms with E-state index in [2.05, 4.69) is 57.5 Å². The fourth-order valence-electron chi connectivity index (χ4n) is 7.75. The number of rotatable bonds is 25. The highest BCUT2D eigenvalue weighted by Crippen LogP contribution is 2.29. The highest BCUT2D eigenvalue weighted by Gasteiger charge is 2.40. The SMILES string of the molecule is CC(N)C(=O)OCCCNC(=O)C(Cc1ccccc1)NC=O.CCC.CCC(C)C(C(CC(=O)N1CCCC1C(OC)C(C)C)OC)N(C)C(=O)CNC(=O)C(C(C)C)N(C)C. The number of carbonyl (C=O) groups excluding carboxylic acids is 6. The number of nitrogens with two attached hydrogens (primary N) is 1. The molecule has 5 N–H and O–H groups in total. The van der Waals surface area contributed by atoms with Gasteiger partial charge in [-0.1, -0.05) is 98.6 Å². The van der Waals surface area contributed by atoms with E-state index >= 15 is 0 Å². The number of methoxy groups -OCH3 is 2. The Hall–Kier alpha value is -4.12. The standard InChI is InChI=1S/C28H54N4O5.C16H23N3O4.C3H8/c1-12-20(6)26(31(9)24(34)17-29-28(35)25(18(2)3)30(7)8)22(36-10)16-23(33)32-15-13-14-21(32)27(37-11)19(4)5;1-12(17)16(22)23-9-5-8-18-15(21)14(19-11-20)10-13-6-3-2-4-7-13;1-3-2/h18-22,25-27H,12-17H2,1-11H3,(H,29,35);2-4,6-7,11-12,14H,5,8-10,17H2,1H3,(H,18,21)(H,19,20);3H2,1-2H3. The van der Waals surface area contributed by atoms with E-state index in [1.54, 1.807) is 33.1 Å². The molecule has 63 heavy (non-hydrogen) atoms. The van der Waals surface area contributed by atoms with Crippen molar-refractivity contribution >= 4 is 36.0 Å². The first-order valence-corrected chi connectivity index (χ1v) is 22.8. The molecule has 0 bridgehead atoms. The molecule has 0 spiro atoms. The van der Waals surface area contributed by atoms with Gasteiger partial charge in [0.1, 0.15) is 12.1 Å². The topological polar surface area (TPSA) is 202 Å². The molecular formula is C47H85N7O9. The van der Waals surface area contributed by atoms with Crippen molar-refractivity contribution < 1.29 is 43.0 Å². The quantitative estimate of drug-likeness (QED) is 0.0633. The number of amides is 5. The number of likely N-dealkylation sites (N-methyl/N-ethyl adjacent to an activating group) is 2. The molecule has 16 nitrogen and oxygen atoms in total. The zero-order chi connectivity index (χ0) is 48.2. The van der Waals surface area contributed by atoms with E-state index in [1.807, 2.05) is 68.1 Å². The van der Waals surface area contributed by atoms with Gasteiger partial charge in [0.2, 0.25) is 30.0 Å². The predicted octanol–water partition coefficient (Wildman–Crippen LogP) is 3.79. The smallest absolute Gasteiger partial charge is 0.322 e. The van der Waals surface area contributed by atoms with Gasteiger partial charge in [-0.2, -0.15) is 0 Å². The maximum atomic E-state index is 13.5. The van der Waals surface area contributed by atoms with E-state index in [-0.39, 0.29) is 79.3 Å². The van der Waals surface area contributed by atoms with Gasteiger partial charge in [0, 0.05) is 40.8 Å². The lowest BCUT2D eigenvalue weighted by atomic mass is 9.90. The molecule has 8 atom stereocenters. The number of hydrogen-bond donors (Lipinski definition) is 4. The van der Waals surface area contributed by atoms with Crippen LogP contribution in [0.2, 0.25) is 0 Å². The van der Waals surface area contributed by atoms with E-state index in [0.717, 1.165) is 24.8 Å². The van der Waals surface area contributed by atoms with Gasteiger partial charge in [-0.3, -0.25) is 33.7 Å². The lowest BCUT2D eigenvalue weighted by Crippen LogP contribution is -2.55. The van der Waals surface area contributed by atoms with Gasteiger partial charge in [0.05, 0.1) is 49.9 Å². The molecule has 1 aliphatic heterocycles. The van der Waals surface area contributed by atoms with E-state index in [1.165, 1.54) is 6.42 Å². The van der Waals surface area contributed by atoms with Crippen molar-refractivity contribution in [1.29, 1.82) is 0 Å². The molecular weight excluding hydrogens is 807 g/mol. The molecule has 16 heteroatoms. The Morgan fingerprint density at radius 2 is 1.52 bits per heavy atom. The van der Waals surface area contributed by atoms with Gasteiger partial charge in [0.15, 0.2) is 0 Å². The van der Waals surface area contributed by atoms with Crippen LogP contribution in [0.1, 0.15) is 106 Å². The molecule has 2 rings (SSSR count).